The van der Waals surface area contributed by atoms with E-state index in [1.807, 2.05) is 18.2 Å². The minimum Gasteiger partial charge on any atom is -0.408 e. The maximum absolute atomic E-state index is 11.4. The van der Waals surface area contributed by atoms with Crippen LogP contribution in [0.25, 0.3) is 11.1 Å². The highest BCUT2D eigenvalue weighted by Gasteiger charge is 2.21. The third-order valence-corrected chi connectivity index (χ3v) is 3.98. The van der Waals surface area contributed by atoms with Gasteiger partial charge in [-0.05, 0) is 49.3 Å². The van der Waals surface area contributed by atoms with Gasteiger partial charge in [-0.2, -0.15) is 0 Å². The van der Waals surface area contributed by atoms with Crippen LogP contribution < -0.4 is 5.76 Å². The molecule has 0 spiro atoms. The number of hydrogen-bond donors (Lipinski definition) is 1. The van der Waals surface area contributed by atoms with Crippen molar-refractivity contribution in [1.29, 1.82) is 0 Å². The first-order valence-electron chi connectivity index (χ1n) is 6.42. The summed E-state index contributed by atoms with van der Waals surface area (Å²) >= 11 is 0. The van der Waals surface area contributed by atoms with E-state index < -0.39 is 0 Å². The van der Waals surface area contributed by atoms with Crippen LogP contribution in [0.4, 0.5) is 0 Å². The largest absolute Gasteiger partial charge is 0.419 e. The van der Waals surface area contributed by atoms with Gasteiger partial charge in [0, 0.05) is 7.05 Å². The molecule has 3 rings (SSSR count). The van der Waals surface area contributed by atoms with Gasteiger partial charge in [0.2, 0.25) is 0 Å². The van der Waals surface area contributed by atoms with Gasteiger partial charge >= 0.3 is 5.76 Å². The lowest BCUT2D eigenvalue weighted by molar-refractivity contribution is 0.122. The average molecular weight is 247 g/mol. The number of aryl methyl sites for hydroxylation is 1. The van der Waals surface area contributed by atoms with E-state index in [0.29, 0.717) is 11.5 Å². The Bertz CT molecular complexity index is 617. The summed E-state index contributed by atoms with van der Waals surface area (Å²) in [6, 6.07) is 5.95. The van der Waals surface area contributed by atoms with Crippen LogP contribution in [0, 0.1) is 0 Å². The van der Waals surface area contributed by atoms with Gasteiger partial charge in [-0.15, -0.1) is 0 Å². The Labute approximate surface area is 105 Å². The third-order valence-electron chi connectivity index (χ3n) is 3.98. The molecule has 0 radical (unpaired) electrons. The summed E-state index contributed by atoms with van der Waals surface area (Å²) in [5.74, 6) is 0.170. The van der Waals surface area contributed by atoms with Gasteiger partial charge in [-0.1, -0.05) is 6.07 Å². The van der Waals surface area contributed by atoms with E-state index in [9.17, 15) is 9.90 Å². The number of aromatic nitrogens is 1. The first kappa shape index (κ1) is 11.5. The zero-order valence-electron chi connectivity index (χ0n) is 10.4. The van der Waals surface area contributed by atoms with Crippen LogP contribution in [0.1, 0.15) is 37.2 Å². The summed E-state index contributed by atoms with van der Waals surface area (Å²) < 4.78 is 6.66. The molecule has 0 aliphatic heterocycles. The normalized spacial score (nSPS) is 24.6. The minimum absolute atomic E-state index is 0.136. The Balaban J connectivity index is 1.98. The number of oxazole rings is 1. The van der Waals surface area contributed by atoms with Gasteiger partial charge in [0.15, 0.2) is 5.58 Å². The van der Waals surface area contributed by atoms with Crippen LogP contribution in [0.5, 0.6) is 0 Å². The molecular weight excluding hydrogens is 230 g/mol. The van der Waals surface area contributed by atoms with Crippen LogP contribution in [0.3, 0.4) is 0 Å². The van der Waals surface area contributed by atoms with E-state index in [2.05, 4.69) is 0 Å². The highest BCUT2D eigenvalue weighted by molar-refractivity contribution is 5.73. The van der Waals surface area contributed by atoms with E-state index in [0.717, 1.165) is 31.2 Å². The molecule has 1 heterocycles. The van der Waals surface area contributed by atoms with Crippen molar-refractivity contribution in [2.75, 3.05) is 0 Å². The van der Waals surface area contributed by atoms with Crippen LogP contribution in [-0.4, -0.2) is 15.8 Å². The van der Waals surface area contributed by atoms with Crippen molar-refractivity contribution in [1.82, 2.24) is 4.57 Å². The Hall–Kier alpha value is -1.55. The van der Waals surface area contributed by atoms with Crippen LogP contribution >= 0.6 is 0 Å². The molecule has 4 heteroatoms. The quantitative estimate of drug-likeness (QED) is 0.840. The predicted molar refractivity (Wildman–Crippen MR) is 68.7 cm³/mol. The summed E-state index contributed by atoms with van der Waals surface area (Å²) in [7, 11) is 1.72. The van der Waals surface area contributed by atoms with Crippen molar-refractivity contribution < 1.29 is 9.52 Å². The Morgan fingerprint density at radius 3 is 2.72 bits per heavy atom. The topological polar surface area (TPSA) is 55.4 Å². The SMILES string of the molecule is Cn1c(=O)oc2ccc(C3CCC(O)CC3)cc21. The fourth-order valence-electron chi connectivity index (χ4n) is 2.81. The Kier molecular flexibility index (Phi) is 2.74. The summed E-state index contributed by atoms with van der Waals surface area (Å²) in [4.78, 5) is 11.4. The lowest BCUT2D eigenvalue weighted by Crippen LogP contribution is -2.17. The molecule has 4 nitrogen and oxygen atoms in total. The second-order valence-corrected chi connectivity index (χ2v) is 5.16. The molecule has 1 aliphatic rings. The van der Waals surface area contributed by atoms with Gasteiger partial charge in [0.05, 0.1) is 11.6 Å². The second kappa shape index (κ2) is 4.28. The molecule has 2 aromatic rings. The molecule has 1 aliphatic carbocycles. The molecule has 0 saturated heterocycles. The summed E-state index contributed by atoms with van der Waals surface area (Å²) in [6.07, 6.45) is 3.63. The number of aliphatic hydroxyl groups is 1. The first-order valence-corrected chi connectivity index (χ1v) is 6.42. The number of rotatable bonds is 1. The van der Waals surface area contributed by atoms with Crippen molar-refractivity contribution in [2.24, 2.45) is 7.05 Å². The lowest BCUT2D eigenvalue weighted by atomic mass is 9.83. The Morgan fingerprint density at radius 1 is 1.28 bits per heavy atom. The molecule has 0 bridgehead atoms. The molecule has 0 unspecified atom stereocenters. The molecule has 1 N–H and O–H groups in total. The number of benzene rings is 1. The molecular formula is C14H17NO3. The van der Waals surface area contributed by atoms with Gasteiger partial charge in [0.1, 0.15) is 0 Å². The van der Waals surface area contributed by atoms with Crippen LogP contribution in [0.15, 0.2) is 27.4 Å². The van der Waals surface area contributed by atoms with E-state index in [4.69, 9.17) is 4.42 Å². The van der Waals surface area contributed by atoms with E-state index in [-0.39, 0.29) is 11.9 Å². The highest BCUT2D eigenvalue weighted by Crippen LogP contribution is 2.33. The van der Waals surface area contributed by atoms with E-state index in [1.54, 1.807) is 7.05 Å². The summed E-state index contributed by atoms with van der Waals surface area (Å²) in [6.45, 7) is 0. The van der Waals surface area contributed by atoms with Crippen molar-refractivity contribution in [3.05, 3.63) is 34.3 Å². The standard InChI is InChI=1S/C14H17NO3/c1-15-12-8-10(4-7-13(12)18-14(15)17)9-2-5-11(16)6-3-9/h4,7-9,11,16H,2-3,5-6H2,1H3. The smallest absolute Gasteiger partial charge is 0.408 e. The van der Waals surface area contributed by atoms with Crippen LogP contribution in [0.2, 0.25) is 0 Å². The van der Waals surface area contributed by atoms with Crippen LogP contribution in [-0.2, 0) is 7.05 Å². The number of aliphatic hydroxyl groups excluding tert-OH is 1. The fourth-order valence-corrected chi connectivity index (χ4v) is 2.81. The Morgan fingerprint density at radius 2 is 2.00 bits per heavy atom. The lowest BCUT2D eigenvalue weighted by Gasteiger charge is -2.25. The van der Waals surface area contributed by atoms with Gasteiger partial charge in [-0.3, -0.25) is 4.57 Å². The first-order chi connectivity index (χ1) is 8.65. The second-order valence-electron chi connectivity index (χ2n) is 5.16. The van der Waals surface area contributed by atoms with Crippen molar-refractivity contribution in [3.63, 3.8) is 0 Å². The molecule has 0 amide bonds. The molecule has 1 aromatic carbocycles. The highest BCUT2D eigenvalue weighted by atomic mass is 16.4. The molecule has 96 valence electrons. The average Bonchev–Trinajstić information content (AvgIpc) is 2.66. The minimum atomic E-state index is -0.318. The maximum Gasteiger partial charge on any atom is 0.419 e. The van der Waals surface area contributed by atoms with Gasteiger partial charge < -0.3 is 9.52 Å². The zero-order valence-corrected chi connectivity index (χ0v) is 10.4. The number of hydrogen-bond acceptors (Lipinski definition) is 3. The maximum atomic E-state index is 11.4. The molecule has 18 heavy (non-hydrogen) atoms. The zero-order chi connectivity index (χ0) is 12.7. The third kappa shape index (κ3) is 1.86. The van der Waals surface area contributed by atoms with E-state index in [1.165, 1.54) is 10.1 Å². The molecule has 1 aromatic heterocycles. The van der Waals surface area contributed by atoms with Gasteiger partial charge in [0.25, 0.3) is 0 Å². The van der Waals surface area contributed by atoms with Gasteiger partial charge in [-0.25, -0.2) is 4.79 Å². The van der Waals surface area contributed by atoms with E-state index >= 15 is 0 Å². The van der Waals surface area contributed by atoms with Crippen molar-refractivity contribution in [3.8, 4) is 0 Å². The molecule has 1 saturated carbocycles. The number of nitrogens with zero attached hydrogens (tertiary/aromatic N) is 1. The number of fused-ring (bicyclic) bond motifs is 1. The fraction of sp³-hybridized carbons (Fsp3) is 0.500. The predicted octanol–water partition coefficient (Wildman–Crippen LogP) is 2.15. The summed E-state index contributed by atoms with van der Waals surface area (Å²) in [5.41, 5.74) is 2.73. The summed E-state index contributed by atoms with van der Waals surface area (Å²) in [5, 5.41) is 9.53. The monoisotopic (exact) mass is 247 g/mol. The van der Waals surface area contributed by atoms with Crippen molar-refractivity contribution in [2.45, 2.75) is 37.7 Å². The molecule has 0 atom stereocenters. The van der Waals surface area contributed by atoms with Crippen molar-refractivity contribution >= 4 is 11.1 Å². The molecule has 1 fully saturated rings.